The van der Waals surface area contributed by atoms with E-state index in [4.69, 9.17) is 4.74 Å². The number of para-hydroxylation sites is 4. The maximum atomic E-state index is 15.2. The lowest BCUT2D eigenvalue weighted by Crippen LogP contribution is -2.66. The second-order valence-electron chi connectivity index (χ2n) is 13.3. The molecule has 1 unspecified atom stereocenters. The quantitative estimate of drug-likeness (QED) is 0.138. The zero-order valence-electron chi connectivity index (χ0n) is 27.2. The molecule has 8 rings (SSSR count). The van der Waals surface area contributed by atoms with Crippen molar-refractivity contribution >= 4 is 58.6 Å². The molecule has 6 aromatic rings. The third-order valence-corrected chi connectivity index (χ3v) is 19.7. The molecule has 0 aliphatic carbocycles. The first-order valence-corrected chi connectivity index (χ1v) is 20.4. The van der Waals surface area contributed by atoms with Crippen molar-refractivity contribution in [2.45, 2.75) is 38.8 Å². The van der Waals surface area contributed by atoms with Gasteiger partial charge < -0.3 is 14.2 Å². The SMILES string of the molecule is CC(C)[Si]1(C(C)C)c2ccccc2N(c2ccccc2-c2ccc3c(c2)Oc2ccccc2P3(=O)c2ccccc2)c2ccccc21. The lowest BCUT2D eigenvalue weighted by molar-refractivity contribution is 0.485. The van der Waals surface area contributed by atoms with Gasteiger partial charge in [-0.1, -0.05) is 131 Å². The molecule has 0 fully saturated rings. The number of rotatable bonds is 5. The molecule has 6 aromatic carbocycles. The molecule has 0 amide bonds. The fourth-order valence-corrected chi connectivity index (χ4v) is 17.3. The monoisotopic (exact) mass is 647 g/mol. The van der Waals surface area contributed by atoms with E-state index in [0.717, 1.165) is 32.7 Å². The molecular weight excluding hydrogens is 610 g/mol. The predicted octanol–water partition coefficient (Wildman–Crippen LogP) is 9.26. The Labute approximate surface area is 278 Å². The summed E-state index contributed by atoms with van der Waals surface area (Å²) in [6.07, 6.45) is 0. The third-order valence-electron chi connectivity index (χ3n) is 10.3. The number of hydrogen-bond donors (Lipinski definition) is 0. The number of benzene rings is 6. The van der Waals surface area contributed by atoms with Crippen LogP contribution in [0.15, 0.2) is 146 Å². The Morgan fingerprint density at radius 2 is 1.09 bits per heavy atom. The lowest BCUT2D eigenvalue weighted by Gasteiger charge is -2.49. The first-order chi connectivity index (χ1) is 22.9. The van der Waals surface area contributed by atoms with Gasteiger partial charge in [-0.05, 0) is 69.5 Å². The van der Waals surface area contributed by atoms with Crippen LogP contribution in [-0.2, 0) is 4.57 Å². The van der Waals surface area contributed by atoms with E-state index in [1.165, 1.54) is 21.7 Å². The minimum atomic E-state index is -3.15. The smallest absolute Gasteiger partial charge is 0.178 e. The van der Waals surface area contributed by atoms with Crippen LogP contribution in [0, 0.1) is 0 Å². The number of fused-ring (bicyclic) bond motifs is 4. The van der Waals surface area contributed by atoms with E-state index in [1.807, 2.05) is 60.7 Å². The molecule has 1 atom stereocenters. The van der Waals surface area contributed by atoms with Crippen molar-refractivity contribution in [3.8, 4) is 22.6 Å². The molecule has 5 heteroatoms. The Hall–Kier alpha value is -4.63. The second kappa shape index (κ2) is 11.3. The number of anilines is 3. The number of nitrogens with zero attached hydrogens (tertiary/aromatic N) is 1. The average molecular weight is 648 g/mol. The van der Waals surface area contributed by atoms with Crippen LogP contribution < -0.4 is 35.9 Å². The van der Waals surface area contributed by atoms with Crippen molar-refractivity contribution in [1.29, 1.82) is 0 Å². The van der Waals surface area contributed by atoms with Gasteiger partial charge in [0, 0.05) is 22.2 Å². The summed E-state index contributed by atoms with van der Waals surface area (Å²) >= 11 is 0. The molecule has 0 aromatic heterocycles. The zero-order valence-corrected chi connectivity index (χ0v) is 29.1. The van der Waals surface area contributed by atoms with E-state index in [2.05, 4.69) is 118 Å². The van der Waals surface area contributed by atoms with Gasteiger partial charge in [0.1, 0.15) is 19.6 Å². The van der Waals surface area contributed by atoms with Crippen molar-refractivity contribution in [2.75, 3.05) is 4.90 Å². The molecular formula is C42H38NO2PSi. The maximum absolute atomic E-state index is 15.2. The highest BCUT2D eigenvalue weighted by Gasteiger charge is 2.50. The number of hydrogen-bond acceptors (Lipinski definition) is 3. The largest absolute Gasteiger partial charge is 0.456 e. The molecule has 2 heterocycles. The van der Waals surface area contributed by atoms with Crippen molar-refractivity contribution in [3.63, 3.8) is 0 Å². The highest BCUT2D eigenvalue weighted by atomic mass is 31.2. The highest BCUT2D eigenvalue weighted by Crippen LogP contribution is 2.53. The fraction of sp³-hybridized carbons (Fsp3) is 0.143. The van der Waals surface area contributed by atoms with Crippen LogP contribution >= 0.6 is 7.14 Å². The summed E-state index contributed by atoms with van der Waals surface area (Å²) in [4.78, 5) is 2.47. The molecule has 0 saturated carbocycles. The van der Waals surface area contributed by atoms with Gasteiger partial charge in [-0.2, -0.15) is 0 Å². The van der Waals surface area contributed by atoms with E-state index >= 15 is 4.57 Å². The van der Waals surface area contributed by atoms with E-state index in [0.29, 0.717) is 22.6 Å². The summed E-state index contributed by atoms with van der Waals surface area (Å²) in [5, 5.41) is 5.29. The molecule has 47 heavy (non-hydrogen) atoms. The maximum Gasteiger partial charge on any atom is 0.178 e. The molecule has 3 nitrogen and oxygen atoms in total. The molecule has 2 aliphatic rings. The molecule has 0 spiro atoms. The third kappa shape index (κ3) is 4.28. The Morgan fingerprint density at radius 1 is 0.553 bits per heavy atom. The van der Waals surface area contributed by atoms with Gasteiger partial charge in [0.15, 0.2) is 7.14 Å². The summed E-state index contributed by atoms with van der Waals surface area (Å²) in [6, 6.07) is 50.6. The van der Waals surface area contributed by atoms with Crippen LogP contribution in [0.3, 0.4) is 0 Å². The van der Waals surface area contributed by atoms with Gasteiger partial charge >= 0.3 is 0 Å². The molecule has 232 valence electrons. The van der Waals surface area contributed by atoms with Crippen molar-refractivity contribution < 1.29 is 9.30 Å². The van der Waals surface area contributed by atoms with Crippen molar-refractivity contribution in [2.24, 2.45) is 0 Å². The van der Waals surface area contributed by atoms with E-state index < -0.39 is 15.2 Å². The molecule has 2 aliphatic heterocycles. The predicted molar refractivity (Wildman–Crippen MR) is 201 cm³/mol. The summed E-state index contributed by atoms with van der Waals surface area (Å²) in [6.45, 7) is 9.68. The van der Waals surface area contributed by atoms with Crippen molar-refractivity contribution in [3.05, 3.63) is 146 Å². The molecule has 0 N–H and O–H groups in total. The van der Waals surface area contributed by atoms with E-state index in [1.54, 1.807) is 0 Å². The topological polar surface area (TPSA) is 29.5 Å². The van der Waals surface area contributed by atoms with Crippen LogP contribution in [0.5, 0.6) is 11.5 Å². The van der Waals surface area contributed by atoms with Crippen LogP contribution in [0.1, 0.15) is 27.7 Å². The summed E-state index contributed by atoms with van der Waals surface area (Å²) in [5.74, 6) is 1.30. The standard InChI is InChI=1S/C42H38NO2PSi/c1-29(2)47(30(3)4)41-24-14-10-20-35(41)43(36-21-11-15-25-42(36)47)34-19-9-8-18-33(34)31-26-27-40-38(28-31)45-37-22-12-13-23-39(37)46(40,44)32-16-6-5-7-17-32/h5-30H,1-4H3. The molecule has 0 radical (unpaired) electrons. The van der Waals surface area contributed by atoms with Gasteiger partial charge in [0.05, 0.1) is 16.3 Å². The Bertz CT molecular complexity index is 2130. The Morgan fingerprint density at radius 3 is 1.74 bits per heavy atom. The summed E-state index contributed by atoms with van der Waals surface area (Å²) in [5.41, 5.74) is 6.83. The van der Waals surface area contributed by atoms with Crippen LogP contribution in [-0.4, -0.2) is 8.07 Å². The first-order valence-electron chi connectivity index (χ1n) is 16.5. The van der Waals surface area contributed by atoms with E-state index in [9.17, 15) is 0 Å². The minimum Gasteiger partial charge on any atom is -0.456 e. The van der Waals surface area contributed by atoms with E-state index in [-0.39, 0.29) is 0 Å². The summed E-state index contributed by atoms with van der Waals surface area (Å²) < 4.78 is 21.8. The number of ether oxygens (including phenoxy) is 1. The van der Waals surface area contributed by atoms with Gasteiger partial charge in [-0.3, -0.25) is 0 Å². The minimum absolute atomic E-state index is 0.531. The molecule has 0 bridgehead atoms. The van der Waals surface area contributed by atoms with Gasteiger partial charge in [0.25, 0.3) is 0 Å². The van der Waals surface area contributed by atoms with Gasteiger partial charge in [0.2, 0.25) is 0 Å². The highest BCUT2D eigenvalue weighted by molar-refractivity contribution is 7.85. The fourth-order valence-electron chi connectivity index (χ4n) is 8.39. The average Bonchev–Trinajstić information content (AvgIpc) is 3.10. The van der Waals surface area contributed by atoms with Crippen molar-refractivity contribution in [1.82, 2.24) is 0 Å². The van der Waals surface area contributed by atoms with Gasteiger partial charge in [-0.15, -0.1) is 0 Å². The first kappa shape index (κ1) is 29.7. The molecule has 0 saturated heterocycles. The second-order valence-corrected chi connectivity index (χ2v) is 21.1. The lowest BCUT2D eigenvalue weighted by atomic mass is 10.0. The van der Waals surface area contributed by atoms with Crippen LogP contribution in [0.4, 0.5) is 17.1 Å². The summed E-state index contributed by atoms with van der Waals surface area (Å²) in [7, 11) is -5.29. The van der Waals surface area contributed by atoms with Crippen LogP contribution in [0.25, 0.3) is 11.1 Å². The Kier molecular flexibility index (Phi) is 7.13. The normalized spacial score (nSPS) is 17.4. The van der Waals surface area contributed by atoms with Crippen LogP contribution in [0.2, 0.25) is 11.1 Å². The van der Waals surface area contributed by atoms with Gasteiger partial charge in [-0.25, -0.2) is 0 Å². The zero-order chi connectivity index (χ0) is 32.3. The Balaban J connectivity index is 1.33.